The number of nitrogens with two attached hydrogens (primary N) is 1. The smallest absolute Gasteiger partial charge is 0.311 e. The van der Waals surface area contributed by atoms with Crippen LogP contribution >= 0.6 is 0 Å². The predicted molar refractivity (Wildman–Crippen MR) is 129 cm³/mol. The summed E-state index contributed by atoms with van der Waals surface area (Å²) in [5.74, 6) is -1.16. The lowest BCUT2D eigenvalue weighted by molar-refractivity contribution is -0.140. The van der Waals surface area contributed by atoms with Crippen LogP contribution in [0.2, 0.25) is 0 Å². The van der Waals surface area contributed by atoms with E-state index in [9.17, 15) is 9.90 Å². The second-order valence-electron chi connectivity index (χ2n) is 8.67. The average Bonchev–Trinajstić information content (AvgIpc) is 3.41. The van der Waals surface area contributed by atoms with Gasteiger partial charge in [-0.15, -0.1) is 0 Å². The van der Waals surface area contributed by atoms with Gasteiger partial charge in [0.05, 0.1) is 5.92 Å². The van der Waals surface area contributed by atoms with Gasteiger partial charge in [0.1, 0.15) is 0 Å². The van der Waals surface area contributed by atoms with Gasteiger partial charge in [0.25, 0.3) is 0 Å². The van der Waals surface area contributed by atoms with Gasteiger partial charge in [-0.2, -0.15) is 0 Å². The van der Waals surface area contributed by atoms with E-state index in [1.165, 1.54) is 38.6 Å². The summed E-state index contributed by atoms with van der Waals surface area (Å²) in [5, 5.41) is 11.9. The molecule has 2 aliphatic rings. The minimum atomic E-state index is -0.741. The molecule has 1 aliphatic heterocycles. The maximum Gasteiger partial charge on any atom is 0.311 e. The third-order valence-electron chi connectivity index (χ3n) is 6.67. The first-order valence-electron chi connectivity index (χ1n) is 11.1. The predicted octanol–water partition coefficient (Wildman–Crippen LogP) is 3.79. The van der Waals surface area contributed by atoms with Gasteiger partial charge in [-0.1, -0.05) is 36.4 Å². The van der Waals surface area contributed by atoms with E-state index in [-0.39, 0.29) is 0 Å². The number of fused-ring (bicyclic) bond motifs is 3. The Morgan fingerprint density at radius 1 is 1.12 bits per heavy atom. The number of carboxylic acids is 1. The molecule has 0 bridgehead atoms. The summed E-state index contributed by atoms with van der Waals surface area (Å²) in [6.07, 6.45) is 7.98. The average molecular weight is 429 g/mol. The Hall–Kier alpha value is -3.35. The number of para-hydroxylation sites is 1. The first kappa shape index (κ1) is 20.5. The lowest BCUT2D eigenvalue weighted by Crippen LogP contribution is -2.44. The van der Waals surface area contributed by atoms with Crippen LogP contribution in [0.5, 0.6) is 0 Å². The molecule has 2 aromatic carbocycles. The van der Waals surface area contributed by atoms with Gasteiger partial charge in [-0.05, 0) is 60.8 Å². The molecule has 4 aromatic rings. The van der Waals surface area contributed by atoms with E-state index in [2.05, 4.69) is 51.4 Å². The van der Waals surface area contributed by atoms with Crippen molar-refractivity contribution in [2.75, 3.05) is 20.1 Å². The van der Waals surface area contributed by atoms with Gasteiger partial charge >= 0.3 is 5.97 Å². The Morgan fingerprint density at radius 3 is 2.72 bits per heavy atom. The van der Waals surface area contributed by atoms with Crippen molar-refractivity contribution in [2.24, 2.45) is 11.7 Å². The maximum absolute atomic E-state index is 11.3. The number of benzene rings is 2. The number of carbonyl (C=O) groups is 1. The summed E-state index contributed by atoms with van der Waals surface area (Å²) in [5.41, 5.74) is 12.8. The molecule has 6 nitrogen and oxygen atoms in total. The van der Waals surface area contributed by atoms with Crippen molar-refractivity contribution in [1.82, 2.24) is 14.9 Å². The molecule has 0 radical (unpaired) electrons. The van der Waals surface area contributed by atoms with Crippen LogP contribution in [0.25, 0.3) is 27.4 Å². The summed E-state index contributed by atoms with van der Waals surface area (Å²) >= 11 is 0. The maximum atomic E-state index is 11.3. The number of aliphatic carboxylic acids is 1. The van der Waals surface area contributed by atoms with Gasteiger partial charge in [0.15, 0.2) is 0 Å². The number of H-pyrrole nitrogens is 2. The molecule has 32 heavy (non-hydrogen) atoms. The molecular formula is C26H28N4O2. The number of aromatic amines is 2. The summed E-state index contributed by atoms with van der Waals surface area (Å²) in [4.78, 5) is 20.0. The van der Waals surface area contributed by atoms with Crippen molar-refractivity contribution < 1.29 is 9.90 Å². The summed E-state index contributed by atoms with van der Waals surface area (Å²) in [7, 11) is 2.02. The fraction of sp³-hybridized carbons (Fsp3) is 0.269. The third kappa shape index (κ3) is 3.51. The monoisotopic (exact) mass is 428 g/mol. The van der Waals surface area contributed by atoms with E-state index in [4.69, 9.17) is 5.73 Å². The van der Waals surface area contributed by atoms with Crippen molar-refractivity contribution in [2.45, 2.75) is 18.9 Å². The molecule has 6 rings (SSSR count). The molecule has 0 saturated carbocycles. The fourth-order valence-corrected chi connectivity index (χ4v) is 5.10. The highest BCUT2D eigenvalue weighted by molar-refractivity contribution is 5.99. The van der Waals surface area contributed by atoms with Crippen molar-refractivity contribution >= 4 is 33.3 Å². The normalized spacial score (nSPS) is 19.9. The molecule has 3 heterocycles. The van der Waals surface area contributed by atoms with Gasteiger partial charge < -0.3 is 20.8 Å². The molecule has 0 spiro atoms. The zero-order valence-electron chi connectivity index (χ0n) is 18.1. The molecule has 6 heteroatoms. The Labute approximate surface area is 186 Å². The topological polar surface area (TPSA) is 98.1 Å². The largest absolute Gasteiger partial charge is 0.481 e. The van der Waals surface area contributed by atoms with Crippen LogP contribution in [0.4, 0.5) is 0 Å². The molecular weight excluding hydrogens is 400 g/mol. The van der Waals surface area contributed by atoms with Crippen LogP contribution in [-0.4, -0.2) is 52.1 Å². The van der Waals surface area contributed by atoms with E-state index >= 15 is 0 Å². The number of carboxylic acid groups (broad SMARTS) is 1. The van der Waals surface area contributed by atoms with E-state index < -0.39 is 11.9 Å². The molecule has 0 unspecified atom stereocenters. The van der Waals surface area contributed by atoms with E-state index in [1.807, 2.05) is 31.5 Å². The Kier molecular flexibility index (Phi) is 5.33. The number of hydrogen-bond donors (Lipinski definition) is 4. The number of hydrogen-bond acceptors (Lipinski definition) is 3. The van der Waals surface area contributed by atoms with Gasteiger partial charge in [0, 0.05) is 46.8 Å². The molecule has 0 amide bonds. The summed E-state index contributed by atoms with van der Waals surface area (Å²) in [6.45, 7) is 1.29. The SMILES string of the molecule is CN1C[C@H](C(=O)O)C=C2c3cccc4[nH]cc(c34)C[C@H]21.NCCc1c[nH]c2ccccc12. The van der Waals surface area contributed by atoms with Gasteiger partial charge in [-0.25, -0.2) is 0 Å². The highest BCUT2D eigenvalue weighted by Crippen LogP contribution is 2.40. The fourth-order valence-electron chi connectivity index (χ4n) is 5.10. The lowest BCUT2D eigenvalue weighted by atomic mass is 9.80. The molecule has 2 atom stereocenters. The van der Waals surface area contributed by atoms with Crippen LogP contribution < -0.4 is 5.73 Å². The molecule has 0 saturated heterocycles. The number of likely N-dealkylation sites (N-methyl/N-ethyl adjacent to an activating group) is 1. The molecule has 5 N–H and O–H groups in total. The first-order chi connectivity index (χ1) is 15.6. The summed E-state index contributed by atoms with van der Waals surface area (Å²) < 4.78 is 0. The van der Waals surface area contributed by atoms with E-state index in [0.29, 0.717) is 19.1 Å². The zero-order chi connectivity index (χ0) is 22.2. The third-order valence-corrected chi connectivity index (χ3v) is 6.67. The van der Waals surface area contributed by atoms with Crippen LogP contribution in [0.1, 0.15) is 16.7 Å². The second-order valence-corrected chi connectivity index (χ2v) is 8.67. The number of aromatic nitrogens is 2. The highest BCUT2D eigenvalue weighted by Gasteiger charge is 2.35. The van der Waals surface area contributed by atoms with Crippen molar-refractivity contribution in [3.05, 3.63) is 77.6 Å². The van der Waals surface area contributed by atoms with Crippen molar-refractivity contribution in [1.29, 1.82) is 0 Å². The van der Waals surface area contributed by atoms with Crippen molar-refractivity contribution in [3.63, 3.8) is 0 Å². The van der Waals surface area contributed by atoms with Crippen LogP contribution in [0.15, 0.2) is 60.9 Å². The van der Waals surface area contributed by atoms with Crippen LogP contribution in [0.3, 0.4) is 0 Å². The van der Waals surface area contributed by atoms with E-state index in [0.717, 1.165) is 18.4 Å². The molecule has 0 fully saturated rings. The minimum Gasteiger partial charge on any atom is -0.481 e. The molecule has 1 aliphatic carbocycles. The van der Waals surface area contributed by atoms with Gasteiger partial charge in [-0.3, -0.25) is 9.69 Å². The molecule has 2 aromatic heterocycles. The Morgan fingerprint density at radius 2 is 1.91 bits per heavy atom. The Bertz CT molecular complexity index is 1320. The first-order valence-corrected chi connectivity index (χ1v) is 11.1. The molecule has 164 valence electrons. The lowest BCUT2D eigenvalue weighted by Gasteiger charge is -2.38. The standard InChI is InChI=1S/C16H16N2O2.C10H12N2/c1-18-8-10(16(19)20)5-12-11-3-2-4-13-15(11)9(7-17-13)6-14(12)18;11-6-5-8-7-12-10-4-2-1-3-9(8)10/h2-5,7,10,14,17H,6,8H2,1H3,(H,19,20);1-4,7,12H,5-6,11H2/t10-,14-;/m1./s1. The second kappa shape index (κ2) is 8.30. The number of nitrogens with zero attached hydrogens (tertiary/aromatic N) is 1. The Balaban J connectivity index is 0.000000154. The number of rotatable bonds is 3. The number of nitrogens with one attached hydrogen (secondary N) is 2. The van der Waals surface area contributed by atoms with Gasteiger partial charge in [0.2, 0.25) is 0 Å². The highest BCUT2D eigenvalue weighted by atomic mass is 16.4. The quantitative estimate of drug-likeness (QED) is 0.399. The van der Waals surface area contributed by atoms with E-state index in [1.54, 1.807) is 0 Å². The van der Waals surface area contributed by atoms with Crippen LogP contribution in [0, 0.1) is 5.92 Å². The minimum absolute atomic E-state index is 0.291. The zero-order valence-corrected chi connectivity index (χ0v) is 18.1. The van der Waals surface area contributed by atoms with Crippen LogP contribution in [-0.2, 0) is 17.6 Å². The summed E-state index contributed by atoms with van der Waals surface area (Å²) in [6, 6.07) is 14.8. The van der Waals surface area contributed by atoms with Crippen molar-refractivity contribution in [3.8, 4) is 0 Å².